The first-order valence-electron chi connectivity index (χ1n) is 13.6. The van der Waals surface area contributed by atoms with Gasteiger partial charge in [0.15, 0.2) is 0 Å². The summed E-state index contributed by atoms with van der Waals surface area (Å²) < 4.78 is 14.9. The Morgan fingerprint density at radius 2 is 2.05 bits per heavy atom. The molecule has 1 aliphatic heterocycles. The van der Waals surface area contributed by atoms with Gasteiger partial charge in [0, 0.05) is 31.0 Å². The lowest BCUT2D eigenvalue weighted by molar-refractivity contribution is 0.101. The first-order chi connectivity index (χ1) is 19.8. The van der Waals surface area contributed by atoms with Gasteiger partial charge >= 0.3 is 6.09 Å². The third kappa shape index (κ3) is 6.31. The molecule has 41 heavy (non-hydrogen) atoms. The number of anilines is 1. The van der Waals surface area contributed by atoms with Crippen LogP contribution in [0.2, 0.25) is 0 Å². The Balaban J connectivity index is 1.27. The number of aromatic nitrogens is 5. The van der Waals surface area contributed by atoms with Crippen molar-refractivity contribution in [1.82, 2.24) is 29.6 Å². The van der Waals surface area contributed by atoms with Crippen LogP contribution in [0.3, 0.4) is 0 Å². The number of pyridine rings is 1. The summed E-state index contributed by atoms with van der Waals surface area (Å²) in [4.78, 5) is 34.0. The molecule has 0 saturated carbocycles. The van der Waals surface area contributed by atoms with Gasteiger partial charge in [0.2, 0.25) is 5.95 Å². The second kappa shape index (κ2) is 12.4. The Morgan fingerprint density at radius 3 is 2.80 bits per heavy atom. The molecular formula is C28H34N8O5. The molecule has 5 rings (SSSR count). The van der Waals surface area contributed by atoms with Gasteiger partial charge in [-0.15, -0.1) is 0 Å². The molecule has 13 heteroatoms. The van der Waals surface area contributed by atoms with Crippen molar-refractivity contribution in [1.29, 1.82) is 0 Å². The van der Waals surface area contributed by atoms with Crippen LogP contribution < -0.4 is 21.1 Å². The Labute approximate surface area is 236 Å². The summed E-state index contributed by atoms with van der Waals surface area (Å²) in [7, 11) is 0. The predicted molar refractivity (Wildman–Crippen MR) is 150 cm³/mol. The quantitative estimate of drug-likeness (QED) is 0.158. The lowest BCUT2D eigenvalue weighted by atomic mass is 10.1. The highest BCUT2D eigenvalue weighted by Crippen LogP contribution is 2.39. The third-order valence-corrected chi connectivity index (χ3v) is 6.92. The van der Waals surface area contributed by atoms with Crippen LogP contribution >= 0.6 is 0 Å². The summed E-state index contributed by atoms with van der Waals surface area (Å²) in [6.45, 7) is 5.30. The van der Waals surface area contributed by atoms with E-state index in [-0.39, 0.29) is 18.6 Å². The fraction of sp³-hybridized carbons (Fsp3) is 0.393. The van der Waals surface area contributed by atoms with E-state index in [4.69, 9.17) is 20.2 Å². The van der Waals surface area contributed by atoms with Crippen LogP contribution in [-0.4, -0.2) is 54.6 Å². The zero-order chi connectivity index (χ0) is 28.9. The summed E-state index contributed by atoms with van der Waals surface area (Å²) in [5.41, 5.74) is 9.51. The van der Waals surface area contributed by atoms with Crippen molar-refractivity contribution < 1.29 is 24.2 Å². The van der Waals surface area contributed by atoms with Crippen LogP contribution in [-0.2, 0) is 17.9 Å². The van der Waals surface area contributed by atoms with Gasteiger partial charge in [0.25, 0.3) is 5.91 Å². The van der Waals surface area contributed by atoms with E-state index in [1.54, 1.807) is 47.4 Å². The van der Waals surface area contributed by atoms with E-state index in [1.807, 2.05) is 18.4 Å². The predicted octanol–water partition coefficient (Wildman–Crippen LogP) is 3.19. The first kappa shape index (κ1) is 28.1. The molecule has 4 heterocycles. The van der Waals surface area contributed by atoms with Gasteiger partial charge in [0.1, 0.15) is 36.4 Å². The second-order valence-electron chi connectivity index (χ2n) is 9.90. The molecular weight excluding hydrogens is 528 g/mol. The van der Waals surface area contributed by atoms with Gasteiger partial charge in [-0.3, -0.25) is 19.8 Å². The molecule has 4 aromatic rings. The minimum Gasteiger partial charge on any atom is -0.489 e. The van der Waals surface area contributed by atoms with Gasteiger partial charge in [-0.1, -0.05) is 0 Å². The molecule has 2 atom stereocenters. The topological polar surface area (TPSA) is 171 Å². The molecule has 3 aromatic heterocycles. The SMILES string of the molecule is CCn1nc(C)cc1C(=O)Nc1nc2cc(C(N)O)cc3c2n1[C@@H](CCCCNC(=O)OCc1ccncc1)CO3. The molecule has 13 nitrogen and oxygen atoms in total. The van der Waals surface area contributed by atoms with E-state index in [1.165, 1.54) is 0 Å². The van der Waals surface area contributed by atoms with Gasteiger partial charge in [0.05, 0.1) is 17.3 Å². The minimum absolute atomic E-state index is 0.118. The fourth-order valence-electron chi connectivity index (χ4n) is 4.92. The van der Waals surface area contributed by atoms with E-state index >= 15 is 0 Å². The number of amides is 2. The van der Waals surface area contributed by atoms with E-state index < -0.39 is 12.3 Å². The molecule has 0 aliphatic carbocycles. The van der Waals surface area contributed by atoms with Crippen molar-refractivity contribution in [2.75, 3.05) is 18.5 Å². The van der Waals surface area contributed by atoms with Crippen molar-refractivity contribution in [2.24, 2.45) is 5.73 Å². The number of aryl methyl sites for hydroxylation is 2. The van der Waals surface area contributed by atoms with Crippen LogP contribution in [0, 0.1) is 6.92 Å². The van der Waals surface area contributed by atoms with E-state index in [0.717, 1.165) is 36.0 Å². The van der Waals surface area contributed by atoms with Gasteiger partial charge in [-0.05, 0) is 69.0 Å². The van der Waals surface area contributed by atoms with Crippen molar-refractivity contribution in [3.8, 4) is 5.75 Å². The molecule has 0 bridgehead atoms. The summed E-state index contributed by atoms with van der Waals surface area (Å²) in [6.07, 6.45) is 3.86. The largest absolute Gasteiger partial charge is 0.489 e. The number of aliphatic hydroxyl groups is 1. The molecule has 1 aliphatic rings. The summed E-state index contributed by atoms with van der Waals surface area (Å²) in [5.74, 6) is 0.598. The normalized spacial score (nSPS) is 14.9. The number of imidazole rings is 1. The fourth-order valence-corrected chi connectivity index (χ4v) is 4.92. The van der Waals surface area contributed by atoms with Gasteiger partial charge in [-0.2, -0.15) is 5.10 Å². The maximum absolute atomic E-state index is 13.3. The van der Waals surface area contributed by atoms with Crippen LogP contribution in [0.1, 0.15) is 65.8 Å². The van der Waals surface area contributed by atoms with Crippen molar-refractivity contribution in [3.05, 3.63) is 65.2 Å². The third-order valence-electron chi connectivity index (χ3n) is 6.92. The second-order valence-corrected chi connectivity index (χ2v) is 9.90. The average Bonchev–Trinajstić information content (AvgIpc) is 3.54. The summed E-state index contributed by atoms with van der Waals surface area (Å²) in [6, 6.07) is 8.60. The lowest BCUT2D eigenvalue weighted by Crippen LogP contribution is -2.27. The molecule has 0 fully saturated rings. The number of nitrogens with two attached hydrogens (primary N) is 1. The molecule has 0 radical (unpaired) electrons. The van der Waals surface area contributed by atoms with Crippen LogP contribution in [0.5, 0.6) is 5.75 Å². The Kier molecular flexibility index (Phi) is 8.45. The number of benzene rings is 1. The van der Waals surface area contributed by atoms with Crippen LogP contribution in [0.4, 0.5) is 10.7 Å². The van der Waals surface area contributed by atoms with Crippen LogP contribution in [0.15, 0.2) is 42.7 Å². The Morgan fingerprint density at radius 1 is 1.24 bits per heavy atom. The number of aliphatic hydroxyl groups excluding tert-OH is 1. The Bertz CT molecular complexity index is 1530. The number of unbranched alkanes of at least 4 members (excludes halogenated alkanes) is 1. The number of rotatable bonds is 11. The maximum atomic E-state index is 13.3. The molecule has 5 N–H and O–H groups in total. The maximum Gasteiger partial charge on any atom is 0.407 e. The Hall–Kier alpha value is -4.49. The van der Waals surface area contributed by atoms with Crippen LogP contribution in [0.25, 0.3) is 11.0 Å². The van der Waals surface area contributed by atoms with E-state index in [9.17, 15) is 14.7 Å². The highest BCUT2D eigenvalue weighted by atomic mass is 16.5. The monoisotopic (exact) mass is 562 g/mol. The number of hydrogen-bond acceptors (Lipinski definition) is 9. The number of hydrogen-bond donors (Lipinski definition) is 4. The van der Waals surface area contributed by atoms with E-state index in [2.05, 4.69) is 20.7 Å². The molecule has 1 unspecified atom stereocenters. The van der Waals surface area contributed by atoms with Gasteiger partial charge in [-0.25, -0.2) is 9.78 Å². The standard InChI is InChI=1S/C28H34N8O5/c1-3-35-22(12-17(2)34-35)26(38)33-27-32-21-13-19(25(29)37)14-23-24(21)36(27)20(16-40-23)6-4-5-9-31-28(39)41-15-18-7-10-30-11-8-18/h7-8,10-14,20,25,37H,3-6,9,15-16,29H2,1-2H3,(H,31,39)(H,32,33,38)/t20-,25?/m0/s1. The number of ether oxygens (including phenoxy) is 2. The lowest BCUT2D eigenvalue weighted by Gasteiger charge is -2.27. The molecule has 1 aromatic carbocycles. The highest BCUT2D eigenvalue weighted by molar-refractivity contribution is 6.03. The number of nitrogens with zero attached hydrogens (tertiary/aromatic N) is 5. The molecule has 0 spiro atoms. The van der Waals surface area contributed by atoms with Crippen molar-refractivity contribution >= 4 is 29.0 Å². The highest BCUT2D eigenvalue weighted by Gasteiger charge is 2.29. The number of carbonyl (C=O) groups is 2. The molecule has 0 saturated heterocycles. The zero-order valence-corrected chi connectivity index (χ0v) is 23.0. The van der Waals surface area contributed by atoms with Gasteiger partial charge < -0.3 is 30.2 Å². The van der Waals surface area contributed by atoms with E-state index in [0.29, 0.717) is 48.2 Å². The first-order valence-corrected chi connectivity index (χ1v) is 13.6. The number of carbonyl (C=O) groups excluding carboxylic acids is 2. The summed E-state index contributed by atoms with van der Waals surface area (Å²) in [5, 5.41) is 20.1. The molecule has 2 amide bonds. The van der Waals surface area contributed by atoms with Crippen molar-refractivity contribution in [2.45, 2.75) is 58.5 Å². The minimum atomic E-state index is -1.19. The smallest absolute Gasteiger partial charge is 0.407 e. The van der Waals surface area contributed by atoms with Crippen molar-refractivity contribution in [3.63, 3.8) is 0 Å². The number of alkyl carbamates (subject to hydrolysis) is 1. The zero-order valence-electron chi connectivity index (χ0n) is 23.0. The molecule has 216 valence electrons. The number of nitrogens with one attached hydrogen (secondary N) is 2. The summed E-state index contributed by atoms with van der Waals surface area (Å²) >= 11 is 0. The average molecular weight is 563 g/mol.